The molecule has 11 nitrogen and oxygen atoms in total. The third-order valence-corrected chi connectivity index (χ3v) is 7.03. The third kappa shape index (κ3) is 4.93. The molecule has 0 aromatic heterocycles. The molecule has 0 spiro atoms. The Morgan fingerprint density at radius 2 is 1.86 bits per heavy atom. The quantitative estimate of drug-likeness (QED) is 0.237. The minimum atomic E-state index is -1.69. The summed E-state index contributed by atoms with van der Waals surface area (Å²) >= 11 is 0. The first-order valence-corrected chi connectivity index (χ1v) is 11.6. The molecule has 3 aliphatic rings. The molecule has 2 aliphatic heterocycles. The maximum absolute atomic E-state index is 12.8. The van der Waals surface area contributed by atoms with Crippen LogP contribution in [0.15, 0.2) is 48.7 Å². The summed E-state index contributed by atoms with van der Waals surface area (Å²) in [5, 5.41) is 51.6. The van der Waals surface area contributed by atoms with Crippen molar-refractivity contribution in [2.75, 3.05) is 13.7 Å². The van der Waals surface area contributed by atoms with Gasteiger partial charge in [0.25, 0.3) is 0 Å². The first-order valence-electron chi connectivity index (χ1n) is 11.6. The average molecular weight is 509 g/mol. The van der Waals surface area contributed by atoms with Crippen molar-refractivity contribution in [2.24, 2.45) is 5.92 Å². The Morgan fingerprint density at radius 3 is 2.53 bits per heavy atom. The number of hydrogen-bond donors (Lipinski definition) is 5. The molecule has 0 bridgehead atoms. The molecular weight excluding hydrogens is 476 g/mol. The predicted molar refractivity (Wildman–Crippen MR) is 123 cm³/mol. The van der Waals surface area contributed by atoms with E-state index >= 15 is 0 Å². The number of ether oxygens (including phenoxy) is 5. The number of benzene rings is 1. The first-order chi connectivity index (χ1) is 17.1. The van der Waals surface area contributed by atoms with Crippen molar-refractivity contribution in [1.82, 2.24) is 0 Å². The van der Waals surface area contributed by atoms with Gasteiger partial charge < -0.3 is 49.2 Å². The highest BCUT2D eigenvalue weighted by atomic mass is 16.8. The number of esters is 1. The number of aliphatic hydroxyl groups is 5. The number of aliphatic hydroxyl groups excluding tert-OH is 4. The Kier molecular flexibility index (Phi) is 7.83. The van der Waals surface area contributed by atoms with Gasteiger partial charge in [-0.1, -0.05) is 30.3 Å². The van der Waals surface area contributed by atoms with Gasteiger partial charge in [0.1, 0.15) is 35.6 Å². The van der Waals surface area contributed by atoms with E-state index in [1.54, 1.807) is 13.0 Å². The number of fused-ring (bicyclic) bond motifs is 1. The van der Waals surface area contributed by atoms with Gasteiger partial charge in [0.05, 0.1) is 24.9 Å². The molecule has 2 heterocycles. The number of carbonyl (C=O) groups is 1. The number of carbonyl (C=O) groups excluding carboxylic acids is 1. The van der Waals surface area contributed by atoms with Crippen LogP contribution in [-0.2, 0) is 28.5 Å². The van der Waals surface area contributed by atoms with Gasteiger partial charge in [-0.25, -0.2) is 4.79 Å². The molecule has 36 heavy (non-hydrogen) atoms. The summed E-state index contributed by atoms with van der Waals surface area (Å²) in [6.07, 6.45) is -4.20. The van der Waals surface area contributed by atoms with Gasteiger partial charge in [-0.2, -0.15) is 0 Å². The highest BCUT2D eigenvalue weighted by Gasteiger charge is 2.67. The molecule has 4 rings (SSSR count). The smallest absolute Gasteiger partial charge is 0.331 e. The van der Waals surface area contributed by atoms with E-state index in [1.807, 2.05) is 30.3 Å². The minimum absolute atomic E-state index is 0.0951. The van der Waals surface area contributed by atoms with E-state index in [0.717, 1.165) is 5.56 Å². The Labute approximate surface area is 208 Å². The summed E-state index contributed by atoms with van der Waals surface area (Å²) in [6, 6.07) is 9.17. The zero-order chi connectivity index (χ0) is 26.1. The van der Waals surface area contributed by atoms with Crippen LogP contribution in [0.3, 0.4) is 0 Å². The van der Waals surface area contributed by atoms with Crippen LogP contribution in [0.25, 0.3) is 6.08 Å². The van der Waals surface area contributed by atoms with E-state index in [4.69, 9.17) is 23.7 Å². The van der Waals surface area contributed by atoms with E-state index in [-0.39, 0.29) is 6.42 Å². The van der Waals surface area contributed by atoms with Gasteiger partial charge in [-0.15, -0.1) is 0 Å². The van der Waals surface area contributed by atoms with E-state index in [1.165, 1.54) is 25.5 Å². The Morgan fingerprint density at radius 1 is 1.14 bits per heavy atom. The molecule has 11 heteroatoms. The van der Waals surface area contributed by atoms with Crippen LogP contribution in [0.2, 0.25) is 0 Å². The molecule has 1 aromatic rings. The SMILES string of the molecule is CO[C@@H]1C[C@](C)(OC(=O)/C=C/c2ccccc2)[C@H]2[C@H](O[C@@H]3O[C@H](CO)[C@@H](O)[C@H](O)[C@H]3O)OC=C[C@@]12O. The molecule has 1 saturated heterocycles. The van der Waals surface area contributed by atoms with Gasteiger partial charge in [-0.3, -0.25) is 0 Å². The van der Waals surface area contributed by atoms with Gasteiger partial charge >= 0.3 is 5.97 Å². The third-order valence-electron chi connectivity index (χ3n) is 7.03. The van der Waals surface area contributed by atoms with Crippen molar-refractivity contribution in [3.05, 3.63) is 54.3 Å². The normalized spacial score (nSPS) is 42.2. The largest absolute Gasteiger partial charge is 0.472 e. The van der Waals surface area contributed by atoms with Crippen molar-refractivity contribution in [3.63, 3.8) is 0 Å². The lowest BCUT2D eigenvalue weighted by molar-refractivity contribution is -0.351. The van der Waals surface area contributed by atoms with E-state index in [2.05, 4.69) is 0 Å². The molecule has 5 N–H and O–H groups in total. The molecule has 2 fully saturated rings. The summed E-state index contributed by atoms with van der Waals surface area (Å²) in [5.74, 6) is -1.71. The number of rotatable bonds is 7. The molecule has 1 aromatic carbocycles. The van der Waals surface area contributed by atoms with E-state index < -0.39 is 72.8 Å². The molecule has 198 valence electrons. The lowest BCUT2D eigenvalue weighted by Gasteiger charge is -2.46. The zero-order valence-corrected chi connectivity index (χ0v) is 19.9. The Balaban J connectivity index is 1.58. The van der Waals surface area contributed by atoms with Gasteiger partial charge in [0, 0.05) is 19.6 Å². The van der Waals surface area contributed by atoms with E-state index in [0.29, 0.717) is 0 Å². The molecule has 0 amide bonds. The van der Waals surface area contributed by atoms with Crippen LogP contribution < -0.4 is 0 Å². The average Bonchev–Trinajstić information content (AvgIpc) is 3.10. The van der Waals surface area contributed by atoms with Crippen molar-refractivity contribution in [3.8, 4) is 0 Å². The number of hydrogen-bond acceptors (Lipinski definition) is 11. The monoisotopic (exact) mass is 508 g/mol. The van der Waals surface area contributed by atoms with Crippen LogP contribution in [0.4, 0.5) is 0 Å². The first kappa shape index (κ1) is 26.7. The van der Waals surface area contributed by atoms with Gasteiger partial charge in [-0.05, 0) is 24.6 Å². The van der Waals surface area contributed by atoms with Crippen LogP contribution in [0.1, 0.15) is 18.9 Å². The minimum Gasteiger partial charge on any atom is -0.472 e. The van der Waals surface area contributed by atoms with Gasteiger partial charge in [0.2, 0.25) is 6.29 Å². The molecule has 0 unspecified atom stereocenters. The lowest BCUT2D eigenvalue weighted by atomic mass is 9.81. The van der Waals surface area contributed by atoms with Crippen molar-refractivity contribution >= 4 is 12.0 Å². The predicted octanol–water partition coefficient (Wildman–Crippen LogP) is -0.546. The maximum atomic E-state index is 12.8. The number of methoxy groups -OCH3 is 1. The molecular formula is C25H32O11. The standard InChI is InChI=1S/C25H32O11/c1-24(36-17(27)9-8-14-6-4-3-5-7-14)12-16(32-2)25(31)10-11-33-23(21(24)25)35-22-20(30)19(29)18(28)15(13-26)34-22/h3-11,15-16,18-23,26,28-31H,12-13H2,1-2H3/b9-8+/t15-,16-,18-,19+,20-,21-,22+,23+,24+,25-/m1/s1. The maximum Gasteiger partial charge on any atom is 0.331 e. The summed E-state index contributed by atoms with van der Waals surface area (Å²) in [5.41, 5.74) is -2.23. The molecule has 1 saturated carbocycles. The summed E-state index contributed by atoms with van der Waals surface area (Å²) < 4.78 is 28.2. The van der Waals surface area contributed by atoms with Crippen molar-refractivity contribution in [2.45, 2.75) is 67.6 Å². The topological polar surface area (TPSA) is 164 Å². The Hall–Kier alpha value is -2.35. The summed E-state index contributed by atoms with van der Waals surface area (Å²) in [7, 11) is 1.42. The Bertz CT molecular complexity index is 966. The highest BCUT2D eigenvalue weighted by molar-refractivity contribution is 5.87. The second kappa shape index (κ2) is 10.6. The fourth-order valence-electron chi connectivity index (χ4n) is 5.16. The van der Waals surface area contributed by atoms with Crippen LogP contribution in [0, 0.1) is 5.92 Å². The van der Waals surface area contributed by atoms with Crippen LogP contribution >= 0.6 is 0 Å². The zero-order valence-electron chi connectivity index (χ0n) is 19.9. The summed E-state index contributed by atoms with van der Waals surface area (Å²) in [6.45, 7) is 0.973. The van der Waals surface area contributed by atoms with Crippen molar-refractivity contribution < 1.29 is 54.0 Å². The van der Waals surface area contributed by atoms with Gasteiger partial charge in [0.15, 0.2) is 6.29 Å². The highest BCUT2D eigenvalue weighted by Crippen LogP contribution is 2.52. The molecule has 1 aliphatic carbocycles. The fraction of sp³-hybridized carbons (Fsp3) is 0.560. The fourth-order valence-corrected chi connectivity index (χ4v) is 5.16. The molecule has 10 atom stereocenters. The van der Waals surface area contributed by atoms with Crippen molar-refractivity contribution in [1.29, 1.82) is 0 Å². The lowest BCUT2D eigenvalue weighted by Crippen LogP contribution is -2.62. The second-order valence-electron chi connectivity index (χ2n) is 9.41. The van der Waals surface area contributed by atoms with Crippen LogP contribution in [0.5, 0.6) is 0 Å². The van der Waals surface area contributed by atoms with Crippen LogP contribution in [-0.4, -0.2) is 99.5 Å². The summed E-state index contributed by atoms with van der Waals surface area (Å²) in [4.78, 5) is 12.8. The van der Waals surface area contributed by atoms with E-state index in [9.17, 15) is 30.3 Å². The molecule has 0 radical (unpaired) electrons. The second-order valence-corrected chi connectivity index (χ2v) is 9.41.